The van der Waals surface area contributed by atoms with Crippen LogP contribution in [-0.4, -0.2) is 36.8 Å². The monoisotopic (exact) mass is 272 g/mol. The van der Waals surface area contributed by atoms with Crippen LogP contribution in [0.3, 0.4) is 0 Å². The zero-order valence-corrected chi connectivity index (χ0v) is 12.1. The molecule has 18 heavy (non-hydrogen) atoms. The lowest BCUT2D eigenvalue weighted by atomic mass is 10.0. The first-order valence-corrected chi connectivity index (χ1v) is 7.48. The quantitative estimate of drug-likeness (QED) is 0.816. The molecule has 1 aromatic heterocycles. The van der Waals surface area contributed by atoms with Crippen molar-refractivity contribution >= 4 is 10.0 Å². The molecule has 1 aromatic rings. The largest absolute Gasteiger partial charge is 0.315 e. The van der Waals surface area contributed by atoms with Crippen LogP contribution >= 0.6 is 0 Å². The molecule has 2 heterocycles. The maximum atomic E-state index is 12.5. The van der Waals surface area contributed by atoms with Gasteiger partial charge in [0.1, 0.15) is 4.90 Å². The van der Waals surface area contributed by atoms with Crippen molar-refractivity contribution in [2.45, 2.75) is 37.6 Å². The fourth-order valence-electron chi connectivity index (χ4n) is 2.42. The van der Waals surface area contributed by atoms with Crippen molar-refractivity contribution in [2.75, 3.05) is 13.1 Å². The summed E-state index contributed by atoms with van der Waals surface area (Å²) in [6, 6.07) is 0. The SMILES string of the molecule is Cc1nn(C)c(C)c1S(=O)(=O)NC1(C)CCNC1. The van der Waals surface area contributed by atoms with Crippen molar-refractivity contribution in [3.63, 3.8) is 0 Å². The zero-order chi connectivity index (χ0) is 13.6. The Morgan fingerprint density at radius 2 is 2.11 bits per heavy atom. The number of nitrogens with one attached hydrogen (secondary N) is 2. The van der Waals surface area contributed by atoms with E-state index < -0.39 is 15.6 Å². The van der Waals surface area contributed by atoms with E-state index in [1.165, 1.54) is 0 Å². The number of rotatable bonds is 3. The molecule has 0 amide bonds. The highest BCUT2D eigenvalue weighted by atomic mass is 32.2. The molecule has 0 bridgehead atoms. The lowest BCUT2D eigenvalue weighted by Gasteiger charge is -2.24. The summed E-state index contributed by atoms with van der Waals surface area (Å²) in [6.07, 6.45) is 0.796. The van der Waals surface area contributed by atoms with Gasteiger partial charge in [0.05, 0.1) is 11.4 Å². The second-order valence-electron chi connectivity index (χ2n) is 5.22. The number of aryl methyl sites for hydroxylation is 2. The Kier molecular flexibility index (Phi) is 3.25. The molecule has 102 valence electrons. The van der Waals surface area contributed by atoms with Crippen LogP contribution in [0.2, 0.25) is 0 Å². The van der Waals surface area contributed by atoms with Gasteiger partial charge in [0, 0.05) is 19.1 Å². The Hall–Kier alpha value is -0.920. The maximum Gasteiger partial charge on any atom is 0.244 e. The number of sulfonamides is 1. The van der Waals surface area contributed by atoms with E-state index >= 15 is 0 Å². The van der Waals surface area contributed by atoms with Crippen LogP contribution in [0.5, 0.6) is 0 Å². The van der Waals surface area contributed by atoms with E-state index in [1.54, 1.807) is 25.6 Å². The summed E-state index contributed by atoms with van der Waals surface area (Å²) in [5.74, 6) is 0. The highest BCUT2D eigenvalue weighted by molar-refractivity contribution is 7.89. The molecule has 0 aliphatic carbocycles. The van der Waals surface area contributed by atoms with Gasteiger partial charge in [-0.15, -0.1) is 0 Å². The van der Waals surface area contributed by atoms with Crippen LogP contribution in [-0.2, 0) is 17.1 Å². The predicted molar refractivity (Wildman–Crippen MR) is 68.9 cm³/mol. The molecule has 6 nitrogen and oxygen atoms in total. The fraction of sp³-hybridized carbons (Fsp3) is 0.727. The molecule has 7 heteroatoms. The van der Waals surface area contributed by atoms with Gasteiger partial charge in [-0.2, -0.15) is 5.10 Å². The third-order valence-electron chi connectivity index (χ3n) is 3.46. The molecule has 1 aliphatic heterocycles. The van der Waals surface area contributed by atoms with Crippen molar-refractivity contribution in [2.24, 2.45) is 7.05 Å². The Morgan fingerprint density at radius 3 is 2.56 bits per heavy atom. The first kappa shape index (κ1) is 13.5. The summed E-state index contributed by atoms with van der Waals surface area (Å²) in [6.45, 7) is 6.90. The van der Waals surface area contributed by atoms with Crippen molar-refractivity contribution in [3.8, 4) is 0 Å². The van der Waals surface area contributed by atoms with Gasteiger partial charge in [0.25, 0.3) is 0 Å². The Bertz CT molecular complexity index is 556. The normalized spacial score (nSPS) is 24.7. The van der Waals surface area contributed by atoms with Crippen molar-refractivity contribution in [1.29, 1.82) is 0 Å². The van der Waals surface area contributed by atoms with Crippen molar-refractivity contribution in [1.82, 2.24) is 19.8 Å². The number of nitrogens with zero attached hydrogens (tertiary/aromatic N) is 2. The van der Waals surface area contributed by atoms with Crippen LogP contribution in [0.15, 0.2) is 4.90 Å². The molecule has 2 rings (SSSR count). The maximum absolute atomic E-state index is 12.5. The molecule has 2 N–H and O–H groups in total. The van der Waals surface area contributed by atoms with Crippen LogP contribution in [0.1, 0.15) is 24.7 Å². The summed E-state index contributed by atoms with van der Waals surface area (Å²) in [5, 5.41) is 7.33. The molecule has 1 unspecified atom stereocenters. The van der Waals surface area contributed by atoms with Gasteiger partial charge < -0.3 is 5.32 Å². The summed E-state index contributed by atoms with van der Waals surface area (Å²) < 4.78 is 29.3. The molecular weight excluding hydrogens is 252 g/mol. The van der Waals surface area contributed by atoms with E-state index in [1.807, 2.05) is 6.92 Å². The van der Waals surface area contributed by atoms with Crippen LogP contribution in [0.4, 0.5) is 0 Å². The van der Waals surface area contributed by atoms with E-state index in [9.17, 15) is 8.42 Å². The molecule has 1 aliphatic rings. The third-order valence-corrected chi connectivity index (χ3v) is 5.35. The lowest BCUT2D eigenvalue weighted by Crippen LogP contribution is -2.47. The first-order valence-electron chi connectivity index (χ1n) is 6.00. The van der Waals surface area contributed by atoms with Crippen molar-refractivity contribution < 1.29 is 8.42 Å². The van der Waals surface area contributed by atoms with E-state index in [-0.39, 0.29) is 0 Å². The summed E-state index contributed by atoms with van der Waals surface area (Å²) in [5.41, 5.74) is 0.791. The number of aromatic nitrogens is 2. The minimum absolute atomic E-state index is 0.304. The highest BCUT2D eigenvalue weighted by Gasteiger charge is 2.35. The van der Waals surface area contributed by atoms with Gasteiger partial charge >= 0.3 is 0 Å². The lowest BCUT2D eigenvalue weighted by molar-refractivity contribution is 0.451. The molecule has 0 saturated carbocycles. The second-order valence-corrected chi connectivity index (χ2v) is 6.84. The Balaban J connectivity index is 2.37. The van der Waals surface area contributed by atoms with Gasteiger partial charge in [-0.25, -0.2) is 13.1 Å². The van der Waals surface area contributed by atoms with E-state index in [0.717, 1.165) is 13.0 Å². The van der Waals surface area contributed by atoms with Crippen LogP contribution < -0.4 is 10.0 Å². The number of hydrogen-bond donors (Lipinski definition) is 2. The van der Waals surface area contributed by atoms with Crippen LogP contribution in [0.25, 0.3) is 0 Å². The first-order chi connectivity index (χ1) is 8.25. The predicted octanol–water partition coefficient (Wildman–Crippen LogP) is 0.0672. The van der Waals surface area contributed by atoms with Gasteiger partial charge in [-0.3, -0.25) is 4.68 Å². The summed E-state index contributed by atoms with van der Waals surface area (Å²) in [7, 11) is -1.77. The van der Waals surface area contributed by atoms with Crippen molar-refractivity contribution in [3.05, 3.63) is 11.4 Å². The third kappa shape index (κ3) is 2.30. The molecule has 1 atom stereocenters. The van der Waals surface area contributed by atoms with Gasteiger partial charge in [-0.05, 0) is 33.7 Å². The topological polar surface area (TPSA) is 76.0 Å². The average Bonchev–Trinajstić information content (AvgIpc) is 2.72. The van der Waals surface area contributed by atoms with Gasteiger partial charge in [0.15, 0.2) is 0 Å². The zero-order valence-electron chi connectivity index (χ0n) is 11.2. The molecule has 1 saturated heterocycles. The summed E-state index contributed by atoms with van der Waals surface area (Å²) >= 11 is 0. The molecule has 0 aromatic carbocycles. The van der Waals surface area contributed by atoms with Gasteiger partial charge in [0.2, 0.25) is 10.0 Å². The second kappa shape index (κ2) is 4.32. The minimum Gasteiger partial charge on any atom is -0.315 e. The minimum atomic E-state index is -3.52. The van der Waals surface area contributed by atoms with E-state index in [2.05, 4.69) is 15.1 Å². The molecule has 0 spiro atoms. The Morgan fingerprint density at radius 1 is 1.44 bits per heavy atom. The van der Waals surface area contributed by atoms with E-state index in [4.69, 9.17) is 0 Å². The molecular formula is C11H20N4O2S. The molecule has 0 radical (unpaired) electrons. The van der Waals surface area contributed by atoms with Gasteiger partial charge in [-0.1, -0.05) is 0 Å². The highest BCUT2D eigenvalue weighted by Crippen LogP contribution is 2.22. The number of hydrogen-bond acceptors (Lipinski definition) is 4. The average molecular weight is 272 g/mol. The Labute approximate surface area is 108 Å². The van der Waals surface area contributed by atoms with E-state index in [0.29, 0.717) is 22.8 Å². The van der Waals surface area contributed by atoms with Crippen LogP contribution in [0, 0.1) is 13.8 Å². The summed E-state index contributed by atoms with van der Waals surface area (Å²) in [4.78, 5) is 0.304. The fourth-order valence-corrected chi connectivity index (χ4v) is 4.30. The smallest absolute Gasteiger partial charge is 0.244 e. The standard InChI is InChI=1S/C11H20N4O2S/c1-8-10(9(2)15(4)13-8)18(16,17)14-11(3)5-6-12-7-11/h12,14H,5-7H2,1-4H3. The molecule has 1 fully saturated rings.